The summed E-state index contributed by atoms with van der Waals surface area (Å²) >= 11 is 0. The minimum Gasteiger partial charge on any atom is -0.460 e. The Kier molecular flexibility index (Phi) is 13.9. The minimum absolute atomic E-state index is 0.0203. The second-order valence-electron chi connectivity index (χ2n) is 18.9. The number of nitrogens with one attached hydrogen (secondary N) is 1. The van der Waals surface area contributed by atoms with Gasteiger partial charge >= 0.3 is 35.9 Å². The lowest BCUT2D eigenvalue weighted by Gasteiger charge is -2.67. The number of carbonyl (C=O) groups excluding carboxylic acids is 7. The first-order valence-electron chi connectivity index (χ1n) is 21.6. The van der Waals surface area contributed by atoms with Crippen molar-refractivity contribution in [1.29, 1.82) is 0 Å². The third kappa shape index (κ3) is 8.93. The molecule has 3 fully saturated rings. The number of hydrogen-bond donors (Lipinski definition) is 5. The molecule has 358 valence electrons. The molecule has 2 aromatic rings. The zero-order valence-electron chi connectivity index (χ0n) is 38.2. The second-order valence-corrected chi connectivity index (χ2v) is 18.9. The van der Waals surface area contributed by atoms with E-state index in [2.05, 4.69) is 5.32 Å². The lowest BCUT2D eigenvalue weighted by molar-refractivity contribution is -0.346. The number of alkyl carbamates (subject to hydrolysis) is 1. The van der Waals surface area contributed by atoms with Gasteiger partial charge in [-0.05, 0) is 63.5 Å². The number of aliphatic hydroxyl groups is 2. The predicted octanol–water partition coefficient (Wildman–Crippen LogP) is 2.28. The number of ketones is 1. The number of esters is 5. The van der Waals surface area contributed by atoms with E-state index in [1.807, 2.05) is 0 Å². The standard InChI is InChI=1S/C47H59N3O16/c1-24-28(61-41(57)35(54)34(26-15-11-9-12-16-26)50-42(58)66-43(3,4)5)20-47(59)39(64-40(56)27-17-13-10-14-18-27)37-45(8,38(55)36(63-32(53)22-49)33(24)44(47,6)7)29(62-31(52)21-48)19-30-46(37,23-60-30)65-25(2)51/h9-18,28-30,34-37,39,54,59H,19-23,48-49H2,1-8H3,(H,50,58)/t28-,29-,30+,34-,35+,36+,37-,39-,45+,46-,47+/m0/s1. The lowest BCUT2D eigenvalue weighted by Crippen LogP contribution is -2.82. The van der Waals surface area contributed by atoms with Crippen molar-refractivity contribution in [1.82, 2.24) is 5.32 Å². The van der Waals surface area contributed by atoms with Crippen molar-refractivity contribution < 1.29 is 76.9 Å². The van der Waals surface area contributed by atoms with Crippen molar-refractivity contribution >= 4 is 41.7 Å². The molecule has 19 heteroatoms. The molecule has 0 unspecified atom stereocenters. The van der Waals surface area contributed by atoms with Crippen LogP contribution in [0.5, 0.6) is 0 Å². The van der Waals surface area contributed by atoms with Crippen LogP contribution in [0.2, 0.25) is 0 Å². The van der Waals surface area contributed by atoms with Crippen LogP contribution in [-0.4, -0.2) is 125 Å². The van der Waals surface area contributed by atoms with Crippen LogP contribution in [0.3, 0.4) is 0 Å². The zero-order chi connectivity index (χ0) is 48.7. The minimum atomic E-state index is -2.50. The summed E-state index contributed by atoms with van der Waals surface area (Å²) in [7, 11) is 0. The molecule has 4 aliphatic rings. The second kappa shape index (κ2) is 18.5. The van der Waals surface area contributed by atoms with Gasteiger partial charge in [0.25, 0.3) is 0 Å². The summed E-state index contributed by atoms with van der Waals surface area (Å²) in [6.45, 7) is 10.2. The van der Waals surface area contributed by atoms with Crippen molar-refractivity contribution in [2.45, 2.75) is 128 Å². The van der Waals surface area contributed by atoms with Crippen LogP contribution in [-0.2, 0) is 57.1 Å². The zero-order valence-corrected chi connectivity index (χ0v) is 38.2. The SMILES string of the molecule is CC(=O)O[C@@]12CO[C@@H]1C[C@H](OC(=O)CN)[C@@]1(C)C(=O)[C@H](OC(=O)CN)C3=C(C)[C@@H](OC(=O)[C@H](O)[C@@H](NC(=O)OC(C)(C)C)c4ccccc4)C[C@@](O)([C@@H](OC(=O)c4ccccc4)[C@H]21)C3(C)C. The van der Waals surface area contributed by atoms with E-state index in [0.29, 0.717) is 5.56 Å². The average molecular weight is 922 g/mol. The van der Waals surface area contributed by atoms with E-state index < -0.39 is 137 Å². The number of nitrogens with two attached hydrogens (primary N) is 2. The number of benzene rings is 2. The molecule has 1 heterocycles. The summed E-state index contributed by atoms with van der Waals surface area (Å²) in [5, 5.41) is 28.2. The normalized spacial score (nSPS) is 30.8. The maximum atomic E-state index is 15.9. The molecule has 3 aliphatic carbocycles. The molecule has 7 N–H and O–H groups in total. The van der Waals surface area contributed by atoms with E-state index in [9.17, 15) is 39.0 Å². The third-order valence-electron chi connectivity index (χ3n) is 13.4. The number of ether oxygens (including phenoxy) is 7. The van der Waals surface area contributed by atoms with Gasteiger partial charge in [0.2, 0.25) is 0 Å². The van der Waals surface area contributed by atoms with Crippen LogP contribution in [0.1, 0.15) is 90.2 Å². The molecule has 0 spiro atoms. The van der Waals surface area contributed by atoms with Gasteiger partial charge in [0.1, 0.15) is 35.6 Å². The Labute approximate surface area is 381 Å². The molecule has 2 aromatic carbocycles. The van der Waals surface area contributed by atoms with Crippen LogP contribution in [0.15, 0.2) is 71.8 Å². The van der Waals surface area contributed by atoms with Gasteiger partial charge in [0.15, 0.2) is 23.6 Å². The average Bonchev–Trinajstić information content (AvgIpc) is 3.25. The van der Waals surface area contributed by atoms with Gasteiger partial charge in [-0.1, -0.05) is 62.4 Å². The van der Waals surface area contributed by atoms with Crippen molar-refractivity contribution in [3.63, 3.8) is 0 Å². The summed E-state index contributed by atoms with van der Waals surface area (Å²) in [5.74, 6) is -7.75. The highest BCUT2D eigenvalue weighted by Crippen LogP contribution is 2.65. The van der Waals surface area contributed by atoms with Gasteiger partial charge in [-0.2, -0.15) is 0 Å². The fourth-order valence-electron chi connectivity index (χ4n) is 10.2. The molecular weight excluding hydrogens is 863 g/mol. The summed E-state index contributed by atoms with van der Waals surface area (Å²) in [4.78, 5) is 97.5. The van der Waals surface area contributed by atoms with E-state index in [4.69, 9.17) is 44.6 Å². The Morgan fingerprint density at radius 2 is 1.48 bits per heavy atom. The summed E-state index contributed by atoms with van der Waals surface area (Å²) in [6, 6.07) is 14.3. The number of fused-ring (bicyclic) bond motifs is 5. The summed E-state index contributed by atoms with van der Waals surface area (Å²) in [6.07, 6.45) is -12.0. The van der Waals surface area contributed by atoms with Crippen molar-refractivity contribution in [3.05, 3.63) is 82.9 Å². The topological polar surface area (TPSA) is 289 Å². The van der Waals surface area contributed by atoms with Crippen molar-refractivity contribution in [3.8, 4) is 0 Å². The number of amides is 1. The highest BCUT2D eigenvalue weighted by molar-refractivity contribution is 5.96. The first kappa shape index (κ1) is 49.7. The molecule has 2 saturated carbocycles. The van der Waals surface area contributed by atoms with Crippen molar-refractivity contribution in [2.24, 2.45) is 28.2 Å². The summed E-state index contributed by atoms with van der Waals surface area (Å²) in [5.41, 5.74) is 2.51. The molecule has 2 bridgehead atoms. The van der Waals surface area contributed by atoms with E-state index in [1.165, 1.54) is 39.8 Å². The fraction of sp³-hybridized carbons (Fsp3) is 0.553. The number of carbonyl (C=O) groups is 7. The summed E-state index contributed by atoms with van der Waals surface area (Å²) < 4.78 is 41.9. The van der Waals surface area contributed by atoms with Crippen LogP contribution in [0.25, 0.3) is 0 Å². The Hall–Kier alpha value is -5.73. The smallest absolute Gasteiger partial charge is 0.408 e. The highest BCUT2D eigenvalue weighted by Gasteiger charge is 2.79. The van der Waals surface area contributed by atoms with Crippen LogP contribution < -0.4 is 16.8 Å². The molecule has 19 nitrogen and oxygen atoms in total. The first-order valence-corrected chi connectivity index (χ1v) is 21.6. The van der Waals surface area contributed by atoms with Gasteiger partial charge in [-0.15, -0.1) is 0 Å². The molecular formula is C47H59N3O16. The molecule has 1 aliphatic heterocycles. The Morgan fingerprint density at radius 3 is 2.03 bits per heavy atom. The largest absolute Gasteiger partial charge is 0.460 e. The van der Waals surface area contributed by atoms with E-state index in [1.54, 1.807) is 69.3 Å². The van der Waals surface area contributed by atoms with Crippen molar-refractivity contribution in [2.75, 3.05) is 19.7 Å². The van der Waals surface area contributed by atoms with Gasteiger partial charge in [-0.25, -0.2) is 14.4 Å². The predicted molar refractivity (Wildman–Crippen MR) is 229 cm³/mol. The Bertz CT molecular complexity index is 2260. The van der Waals surface area contributed by atoms with E-state index in [0.717, 1.165) is 6.92 Å². The highest BCUT2D eigenvalue weighted by atomic mass is 16.6. The van der Waals surface area contributed by atoms with Gasteiger partial charge in [0.05, 0.1) is 42.6 Å². The molecule has 1 amide bonds. The monoisotopic (exact) mass is 921 g/mol. The number of rotatable bonds is 12. The third-order valence-corrected chi connectivity index (χ3v) is 13.4. The number of aliphatic hydroxyl groups excluding tert-OH is 1. The Morgan fingerprint density at radius 1 is 0.894 bits per heavy atom. The maximum Gasteiger partial charge on any atom is 0.408 e. The van der Waals surface area contributed by atoms with Gasteiger partial charge in [-0.3, -0.25) is 19.2 Å². The van der Waals surface area contributed by atoms with E-state index in [-0.39, 0.29) is 29.7 Å². The molecule has 66 heavy (non-hydrogen) atoms. The van der Waals surface area contributed by atoms with Crippen LogP contribution in [0, 0.1) is 16.7 Å². The fourth-order valence-corrected chi connectivity index (χ4v) is 10.2. The first-order chi connectivity index (χ1) is 30.9. The maximum absolute atomic E-state index is 15.9. The number of Topliss-reactive ketones (excluding diaryl/α,β-unsaturated/α-hetero) is 1. The lowest BCUT2D eigenvalue weighted by atomic mass is 9.44. The van der Waals surface area contributed by atoms with Crippen LogP contribution >= 0.6 is 0 Å². The van der Waals surface area contributed by atoms with E-state index >= 15 is 4.79 Å². The molecule has 11 atom stereocenters. The molecule has 6 rings (SSSR count). The molecule has 0 aromatic heterocycles. The van der Waals surface area contributed by atoms with Gasteiger partial charge < -0.3 is 60.2 Å². The quantitative estimate of drug-likeness (QED) is 0.116. The number of hydrogen-bond acceptors (Lipinski definition) is 18. The Balaban J connectivity index is 1.59. The van der Waals surface area contributed by atoms with Crippen LogP contribution in [0.4, 0.5) is 4.79 Å². The molecule has 0 radical (unpaired) electrons. The van der Waals surface area contributed by atoms with Gasteiger partial charge in [0, 0.05) is 25.2 Å². The molecule has 1 saturated heterocycles.